The van der Waals surface area contributed by atoms with Crippen LogP contribution in [0.2, 0.25) is 0 Å². The minimum atomic E-state index is -0.149. The van der Waals surface area contributed by atoms with Crippen molar-refractivity contribution in [3.63, 3.8) is 0 Å². The molecular formula is C12H7N3OS2. The molecule has 1 fully saturated rings. The van der Waals surface area contributed by atoms with Gasteiger partial charge in [-0.1, -0.05) is 30.0 Å². The van der Waals surface area contributed by atoms with E-state index in [9.17, 15) is 4.79 Å². The molecule has 2 aromatic rings. The summed E-state index contributed by atoms with van der Waals surface area (Å²) >= 11 is 6.20. The molecule has 2 heterocycles. The summed E-state index contributed by atoms with van der Waals surface area (Å²) < 4.78 is 0.492. The zero-order chi connectivity index (χ0) is 12.5. The van der Waals surface area contributed by atoms with E-state index in [2.05, 4.69) is 15.3 Å². The van der Waals surface area contributed by atoms with E-state index >= 15 is 0 Å². The number of amides is 1. The number of nitrogens with zero attached hydrogens (tertiary/aromatic N) is 2. The maximum Gasteiger partial charge on any atom is 0.263 e. The Morgan fingerprint density at radius 2 is 2.00 bits per heavy atom. The average Bonchev–Trinajstić information content (AvgIpc) is 2.68. The number of carbonyl (C=O) groups is 1. The Bertz CT molecular complexity index is 697. The third-order valence-corrected chi connectivity index (χ3v) is 3.60. The zero-order valence-electron chi connectivity index (χ0n) is 9.08. The van der Waals surface area contributed by atoms with E-state index in [0.29, 0.717) is 9.23 Å². The van der Waals surface area contributed by atoms with Crippen molar-refractivity contribution in [2.24, 2.45) is 0 Å². The first-order valence-electron chi connectivity index (χ1n) is 5.18. The lowest BCUT2D eigenvalue weighted by atomic mass is 10.2. The van der Waals surface area contributed by atoms with E-state index in [1.165, 1.54) is 11.8 Å². The van der Waals surface area contributed by atoms with Crippen molar-refractivity contribution in [2.45, 2.75) is 0 Å². The highest BCUT2D eigenvalue weighted by atomic mass is 32.2. The van der Waals surface area contributed by atoms with Crippen molar-refractivity contribution in [2.75, 3.05) is 0 Å². The highest BCUT2D eigenvalue weighted by Crippen LogP contribution is 2.26. The summed E-state index contributed by atoms with van der Waals surface area (Å²) in [5.74, 6) is -0.149. The lowest BCUT2D eigenvalue weighted by molar-refractivity contribution is -0.115. The molecule has 1 aliphatic heterocycles. The van der Waals surface area contributed by atoms with Crippen LogP contribution in [0.15, 0.2) is 35.5 Å². The van der Waals surface area contributed by atoms with E-state index in [1.54, 1.807) is 18.5 Å². The molecule has 0 radical (unpaired) electrons. The van der Waals surface area contributed by atoms with Crippen LogP contribution in [0.3, 0.4) is 0 Å². The number of thioether (sulfide) groups is 1. The van der Waals surface area contributed by atoms with Gasteiger partial charge in [0.05, 0.1) is 15.9 Å². The minimum absolute atomic E-state index is 0.149. The van der Waals surface area contributed by atoms with Crippen molar-refractivity contribution in [1.82, 2.24) is 15.3 Å². The first-order valence-corrected chi connectivity index (χ1v) is 6.40. The predicted octanol–water partition coefficient (Wildman–Crippen LogP) is 2.12. The number of fused-ring (bicyclic) bond motifs is 1. The van der Waals surface area contributed by atoms with Crippen molar-refractivity contribution >= 4 is 51.3 Å². The van der Waals surface area contributed by atoms with Crippen LogP contribution in [0, 0.1) is 0 Å². The molecule has 18 heavy (non-hydrogen) atoms. The van der Waals surface area contributed by atoms with Gasteiger partial charge in [-0.15, -0.1) is 0 Å². The SMILES string of the molecule is O=C1NC(=S)SC1=Cc1ccc2nccnc2c1. The normalized spacial score (nSPS) is 17.4. The van der Waals surface area contributed by atoms with Gasteiger partial charge in [0.15, 0.2) is 0 Å². The fraction of sp³-hybridized carbons (Fsp3) is 0. The van der Waals surface area contributed by atoms with Gasteiger partial charge in [0.2, 0.25) is 0 Å². The van der Waals surface area contributed by atoms with Crippen LogP contribution in [-0.2, 0) is 4.79 Å². The second-order valence-electron chi connectivity index (χ2n) is 3.66. The van der Waals surface area contributed by atoms with Gasteiger partial charge in [-0.05, 0) is 23.8 Å². The summed E-state index contributed by atoms with van der Waals surface area (Å²) in [5.41, 5.74) is 2.54. The van der Waals surface area contributed by atoms with Crippen molar-refractivity contribution in [1.29, 1.82) is 0 Å². The maximum atomic E-state index is 11.5. The van der Waals surface area contributed by atoms with Crippen LogP contribution in [-0.4, -0.2) is 20.2 Å². The molecule has 0 aliphatic carbocycles. The molecule has 0 atom stereocenters. The molecule has 6 heteroatoms. The quantitative estimate of drug-likeness (QED) is 0.637. The molecule has 88 valence electrons. The molecule has 1 aliphatic rings. The first-order chi connectivity index (χ1) is 8.72. The molecule has 0 bridgehead atoms. The van der Waals surface area contributed by atoms with Crippen LogP contribution in [0.4, 0.5) is 0 Å². The van der Waals surface area contributed by atoms with Crippen molar-refractivity contribution in [3.05, 3.63) is 41.1 Å². The van der Waals surface area contributed by atoms with E-state index in [4.69, 9.17) is 12.2 Å². The Balaban J connectivity index is 2.02. The predicted molar refractivity (Wildman–Crippen MR) is 75.8 cm³/mol. The first kappa shape index (κ1) is 11.3. The summed E-state index contributed by atoms with van der Waals surface area (Å²) in [6, 6.07) is 5.67. The molecule has 4 nitrogen and oxygen atoms in total. The Labute approximate surface area is 113 Å². The largest absolute Gasteiger partial charge is 0.307 e. The van der Waals surface area contributed by atoms with Gasteiger partial charge < -0.3 is 5.32 Å². The Morgan fingerprint density at radius 3 is 2.72 bits per heavy atom. The number of carbonyl (C=O) groups excluding carboxylic acids is 1. The topological polar surface area (TPSA) is 54.9 Å². The number of aromatic nitrogens is 2. The highest BCUT2D eigenvalue weighted by Gasteiger charge is 2.21. The fourth-order valence-corrected chi connectivity index (χ4v) is 2.69. The van der Waals surface area contributed by atoms with Gasteiger partial charge in [-0.2, -0.15) is 0 Å². The van der Waals surface area contributed by atoms with Gasteiger partial charge in [0.1, 0.15) is 4.32 Å². The molecule has 1 aromatic carbocycles. The van der Waals surface area contributed by atoms with Gasteiger partial charge in [-0.3, -0.25) is 14.8 Å². The van der Waals surface area contributed by atoms with Crippen LogP contribution in [0.1, 0.15) is 5.56 Å². The second kappa shape index (κ2) is 4.47. The standard InChI is InChI=1S/C12H7N3OS2/c16-11-10(18-12(17)15-11)6-7-1-2-8-9(5-7)14-4-3-13-8/h1-6H,(H,15,16,17). The highest BCUT2D eigenvalue weighted by molar-refractivity contribution is 8.26. The molecule has 1 amide bonds. The molecule has 1 N–H and O–H groups in total. The smallest absolute Gasteiger partial charge is 0.263 e. The molecule has 0 spiro atoms. The monoisotopic (exact) mass is 273 g/mol. The van der Waals surface area contributed by atoms with E-state index in [1.807, 2.05) is 18.2 Å². The number of hydrogen-bond acceptors (Lipinski definition) is 5. The number of thiocarbonyl (C=S) groups is 1. The van der Waals surface area contributed by atoms with Crippen molar-refractivity contribution in [3.8, 4) is 0 Å². The summed E-state index contributed by atoms with van der Waals surface area (Å²) in [4.78, 5) is 20.6. The average molecular weight is 273 g/mol. The third-order valence-electron chi connectivity index (χ3n) is 2.43. The minimum Gasteiger partial charge on any atom is -0.307 e. The van der Waals surface area contributed by atoms with E-state index in [0.717, 1.165) is 16.6 Å². The third kappa shape index (κ3) is 2.12. The Morgan fingerprint density at radius 1 is 1.22 bits per heavy atom. The number of hydrogen-bond donors (Lipinski definition) is 1. The van der Waals surface area contributed by atoms with Gasteiger partial charge >= 0.3 is 0 Å². The second-order valence-corrected chi connectivity index (χ2v) is 5.38. The van der Waals surface area contributed by atoms with Crippen LogP contribution in [0.25, 0.3) is 17.1 Å². The van der Waals surface area contributed by atoms with Crippen LogP contribution < -0.4 is 5.32 Å². The summed E-state index contributed by atoms with van der Waals surface area (Å²) in [6.07, 6.45) is 5.10. The van der Waals surface area contributed by atoms with Crippen molar-refractivity contribution < 1.29 is 4.79 Å². The molecular weight excluding hydrogens is 266 g/mol. The van der Waals surface area contributed by atoms with Gasteiger partial charge in [-0.25, -0.2) is 0 Å². The van der Waals surface area contributed by atoms with Gasteiger partial charge in [0.25, 0.3) is 5.91 Å². The number of rotatable bonds is 1. The summed E-state index contributed by atoms with van der Waals surface area (Å²) in [7, 11) is 0. The molecule has 1 aromatic heterocycles. The zero-order valence-corrected chi connectivity index (χ0v) is 10.7. The molecule has 3 rings (SSSR count). The summed E-state index contributed by atoms with van der Waals surface area (Å²) in [6.45, 7) is 0. The number of nitrogens with one attached hydrogen (secondary N) is 1. The lowest BCUT2D eigenvalue weighted by Crippen LogP contribution is -2.17. The fourth-order valence-electron chi connectivity index (χ4n) is 1.64. The van der Waals surface area contributed by atoms with Crippen LogP contribution >= 0.6 is 24.0 Å². The molecule has 1 saturated heterocycles. The van der Waals surface area contributed by atoms with Gasteiger partial charge in [0, 0.05) is 12.4 Å². The number of benzene rings is 1. The van der Waals surface area contributed by atoms with Crippen LogP contribution in [0.5, 0.6) is 0 Å². The summed E-state index contributed by atoms with van der Waals surface area (Å²) in [5, 5.41) is 2.58. The van der Waals surface area contributed by atoms with E-state index in [-0.39, 0.29) is 5.91 Å². The lowest BCUT2D eigenvalue weighted by Gasteiger charge is -1.98. The maximum absolute atomic E-state index is 11.5. The Hall–Kier alpha value is -1.79. The molecule has 0 unspecified atom stereocenters. The van der Waals surface area contributed by atoms with E-state index < -0.39 is 0 Å². The Kier molecular flexibility index (Phi) is 2.81. The molecule has 0 saturated carbocycles.